The van der Waals surface area contributed by atoms with Crippen LogP contribution in [0.1, 0.15) is 20.3 Å². The highest BCUT2D eigenvalue weighted by molar-refractivity contribution is 5.81. The van der Waals surface area contributed by atoms with Crippen molar-refractivity contribution in [2.45, 2.75) is 32.4 Å². The molecule has 1 amide bonds. The zero-order valence-corrected chi connectivity index (χ0v) is 6.92. The highest BCUT2D eigenvalue weighted by atomic mass is 16.2. The van der Waals surface area contributed by atoms with E-state index in [1.807, 2.05) is 6.92 Å². The highest BCUT2D eigenvalue weighted by Gasteiger charge is 2.11. The van der Waals surface area contributed by atoms with Crippen LogP contribution in [0.3, 0.4) is 0 Å². The van der Waals surface area contributed by atoms with E-state index < -0.39 is 6.04 Å². The Morgan fingerprint density at radius 2 is 2.36 bits per heavy atom. The Labute approximate surface area is 67.3 Å². The van der Waals surface area contributed by atoms with E-state index in [1.54, 1.807) is 6.92 Å². The smallest absolute Gasteiger partial charge is 0.237 e. The molecule has 3 heteroatoms. The average molecular weight is 154 g/mol. The first-order chi connectivity index (χ1) is 5.11. The van der Waals surface area contributed by atoms with E-state index in [2.05, 4.69) is 11.2 Å². The third-order valence-corrected chi connectivity index (χ3v) is 1.39. The minimum atomic E-state index is -0.439. The summed E-state index contributed by atoms with van der Waals surface area (Å²) in [6, 6.07) is -0.675. The first-order valence-corrected chi connectivity index (χ1v) is 3.63. The molecular weight excluding hydrogens is 140 g/mol. The molecule has 2 atom stereocenters. The highest BCUT2D eigenvalue weighted by Crippen LogP contribution is 1.87. The monoisotopic (exact) mass is 154 g/mol. The van der Waals surface area contributed by atoms with Crippen molar-refractivity contribution in [2.24, 2.45) is 5.73 Å². The van der Waals surface area contributed by atoms with Crippen molar-refractivity contribution in [1.29, 1.82) is 0 Å². The molecule has 0 spiro atoms. The molecule has 0 aliphatic heterocycles. The fourth-order valence-electron chi connectivity index (χ4n) is 0.547. The number of carbonyl (C=O) groups is 1. The molecule has 2 unspecified atom stereocenters. The van der Waals surface area contributed by atoms with Gasteiger partial charge in [0.2, 0.25) is 5.91 Å². The van der Waals surface area contributed by atoms with Crippen LogP contribution in [-0.2, 0) is 4.79 Å². The maximum atomic E-state index is 11.0. The molecule has 0 aromatic heterocycles. The number of hydrogen-bond donors (Lipinski definition) is 2. The third-order valence-electron chi connectivity index (χ3n) is 1.39. The van der Waals surface area contributed by atoms with Gasteiger partial charge in [-0.2, -0.15) is 0 Å². The molecule has 11 heavy (non-hydrogen) atoms. The van der Waals surface area contributed by atoms with Crippen molar-refractivity contribution in [3.05, 3.63) is 0 Å². The zero-order valence-electron chi connectivity index (χ0n) is 6.92. The van der Waals surface area contributed by atoms with E-state index in [9.17, 15) is 4.79 Å². The lowest BCUT2D eigenvalue weighted by Gasteiger charge is -2.11. The van der Waals surface area contributed by atoms with E-state index >= 15 is 0 Å². The Hall–Kier alpha value is -1.01. The predicted octanol–water partition coefficient (Wildman–Crippen LogP) is -0.138. The van der Waals surface area contributed by atoms with Crippen molar-refractivity contribution in [1.82, 2.24) is 5.32 Å². The van der Waals surface area contributed by atoms with Gasteiger partial charge >= 0.3 is 0 Å². The summed E-state index contributed by atoms with van der Waals surface area (Å²) >= 11 is 0. The van der Waals surface area contributed by atoms with E-state index in [1.165, 1.54) is 0 Å². The average Bonchev–Trinajstić information content (AvgIpc) is 2.02. The van der Waals surface area contributed by atoms with Gasteiger partial charge in [-0.1, -0.05) is 12.8 Å². The molecule has 0 bridgehead atoms. The molecule has 62 valence electrons. The number of terminal acetylenes is 1. The van der Waals surface area contributed by atoms with Gasteiger partial charge in [0.25, 0.3) is 0 Å². The summed E-state index contributed by atoms with van der Waals surface area (Å²) in [7, 11) is 0. The minimum Gasteiger partial charge on any atom is -0.341 e. The van der Waals surface area contributed by atoms with Gasteiger partial charge in [-0.05, 0) is 13.3 Å². The molecule has 0 aliphatic rings. The van der Waals surface area contributed by atoms with Gasteiger partial charge in [0, 0.05) is 0 Å². The third kappa shape index (κ3) is 3.64. The Morgan fingerprint density at radius 3 is 2.73 bits per heavy atom. The van der Waals surface area contributed by atoms with Gasteiger partial charge in [-0.3, -0.25) is 4.79 Å². The Bertz CT molecular complexity index is 171. The number of nitrogens with one attached hydrogen (secondary N) is 1. The first-order valence-electron chi connectivity index (χ1n) is 3.63. The van der Waals surface area contributed by atoms with Gasteiger partial charge in [-0.25, -0.2) is 0 Å². The summed E-state index contributed by atoms with van der Waals surface area (Å²) < 4.78 is 0. The molecule has 0 heterocycles. The summed E-state index contributed by atoms with van der Waals surface area (Å²) in [6.45, 7) is 3.59. The maximum Gasteiger partial charge on any atom is 0.237 e. The van der Waals surface area contributed by atoms with Crippen molar-refractivity contribution in [3.63, 3.8) is 0 Å². The second-order valence-electron chi connectivity index (χ2n) is 2.41. The van der Waals surface area contributed by atoms with Gasteiger partial charge in [-0.15, -0.1) is 6.42 Å². The number of hydrogen-bond acceptors (Lipinski definition) is 2. The molecule has 0 radical (unpaired) electrons. The molecule has 0 aliphatic carbocycles. The summed E-state index contributed by atoms with van der Waals surface area (Å²) in [4.78, 5) is 11.0. The first kappa shape index (κ1) is 9.99. The number of amides is 1. The van der Waals surface area contributed by atoms with E-state index in [0.29, 0.717) is 6.42 Å². The van der Waals surface area contributed by atoms with Crippen molar-refractivity contribution >= 4 is 5.91 Å². The van der Waals surface area contributed by atoms with Crippen LogP contribution in [0.5, 0.6) is 0 Å². The lowest BCUT2D eigenvalue weighted by molar-refractivity contribution is -0.122. The summed E-state index contributed by atoms with van der Waals surface area (Å²) in [6.07, 6.45) is 5.68. The van der Waals surface area contributed by atoms with E-state index in [0.717, 1.165) is 0 Å². The lowest BCUT2D eigenvalue weighted by atomic mass is 10.2. The quantitative estimate of drug-likeness (QED) is 0.556. The van der Waals surface area contributed by atoms with E-state index in [-0.39, 0.29) is 11.9 Å². The minimum absolute atomic E-state index is 0.182. The summed E-state index contributed by atoms with van der Waals surface area (Å²) in [5.74, 6) is 2.20. The van der Waals surface area contributed by atoms with Crippen molar-refractivity contribution in [3.8, 4) is 12.3 Å². The van der Waals surface area contributed by atoms with Crippen LogP contribution in [-0.4, -0.2) is 18.0 Å². The largest absolute Gasteiger partial charge is 0.341 e. The molecule has 0 fully saturated rings. The second kappa shape index (κ2) is 4.75. The van der Waals surface area contributed by atoms with Gasteiger partial charge in [0.15, 0.2) is 0 Å². The number of rotatable bonds is 3. The predicted molar refractivity (Wildman–Crippen MR) is 44.7 cm³/mol. The second-order valence-corrected chi connectivity index (χ2v) is 2.41. The zero-order chi connectivity index (χ0) is 8.85. The molecule has 0 rings (SSSR count). The fourth-order valence-corrected chi connectivity index (χ4v) is 0.547. The van der Waals surface area contributed by atoms with Crippen LogP contribution in [0.25, 0.3) is 0 Å². The molecule has 0 aromatic rings. The molecule has 0 saturated heterocycles. The molecular formula is C8H14N2O. The molecule has 3 nitrogen and oxygen atoms in total. The summed E-state index contributed by atoms with van der Waals surface area (Å²) in [5.41, 5.74) is 5.44. The van der Waals surface area contributed by atoms with Crippen LogP contribution >= 0.6 is 0 Å². The lowest BCUT2D eigenvalue weighted by Crippen LogP contribution is -2.43. The van der Waals surface area contributed by atoms with E-state index in [4.69, 9.17) is 12.2 Å². The van der Waals surface area contributed by atoms with Crippen LogP contribution in [0.4, 0.5) is 0 Å². The van der Waals surface area contributed by atoms with Crippen LogP contribution in [0, 0.1) is 12.3 Å². The Kier molecular flexibility index (Phi) is 4.32. The topological polar surface area (TPSA) is 55.1 Å². The Morgan fingerprint density at radius 1 is 1.82 bits per heavy atom. The molecule has 0 aromatic carbocycles. The standard InChI is InChI=1S/C8H14N2O/c1-4-6(3)10-8(11)7(9)5-2/h1,6-7H,5,9H2,2-3H3,(H,10,11). The number of nitrogens with two attached hydrogens (primary N) is 1. The normalized spacial score (nSPS) is 14.7. The SMILES string of the molecule is C#CC(C)NC(=O)C(N)CC. The molecule has 3 N–H and O–H groups in total. The summed E-state index contributed by atoms with van der Waals surface area (Å²) in [5, 5.41) is 2.58. The van der Waals surface area contributed by atoms with Gasteiger partial charge in [0.05, 0.1) is 12.1 Å². The van der Waals surface area contributed by atoms with Crippen LogP contribution < -0.4 is 11.1 Å². The van der Waals surface area contributed by atoms with Crippen LogP contribution in [0.2, 0.25) is 0 Å². The van der Waals surface area contributed by atoms with Crippen LogP contribution in [0.15, 0.2) is 0 Å². The van der Waals surface area contributed by atoms with Crippen molar-refractivity contribution in [2.75, 3.05) is 0 Å². The fraction of sp³-hybridized carbons (Fsp3) is 0.625. The van der Waals surface area contributed by atoms with Gasteiger partial charge in [0.1, 0.15) is 0 Å². The Balaban J connectivity index is 3.80. The molecule has 0 saturated carbocycles. The number of carbonyl (C=O) groups excluding carboxylic acids is 1. The van der Waals surface area contributed by atoms with Gasteiger partial charge < -0.3 is 11.1 Å². The maximum absolute atomic E-state index is 11.0. The van der Waals surface area contributed by atoms with Crippen molar-refractivity contribution < 1.29 is 4.79 Å².